The summed E-state index contributed by atoms with van der Waals surface area (Å²) in [6, 6.07) is 3.69. The zero-order valence-electron chi connectivity index (χ0n) is 11.6. The molecule has 2 rings (SSSR count). The van der Waals surface area contributed by atoms with Gasteiger partial charge in [-0.2, -0.15) is 0 Å². The van der Waals surface area contributed by atoms with Crippen LogP contribution in [0.15, 0.2) is 29.6 Å². The summed E-state index contributed by atoms with van der Waals surface area (Å²) in [6.07, 6.45) is 2.37. The maximum atomic E-state index is 12.0. The molecule has 0 saturated carbocycles. The summed E-state index contributed by atoms with van der Waals surface area (Å²) < 4.78 is 0. The first kappa shape index (κ1) is 13.4. The molecule has 100 valence electrons. The van der Waals surface area contributed by atoms with Gasteiger partial charge < -0.3 is 10.1 Å². The SMILES string of the molecule is C=CCc1cc(C)c2[nH]c(=O)c(C(C)C)cc2c1O. The number of aromatic amines is 1. The first-order chi connectivity index (χ1) is 8.95. The molecule has 0 amide bonds. The quantitative estimate of drug-likeness (QED) is 0.828. The number of hydrogen-bond acceptors (Lipinski definition) is 2. The lowest BCUT2D eigenvalue weighted by atomic mass is 9.98. The number of benzene rings is 1. The number of hydrogen-bond donors (Lipinski definition) is 2. The van der Waals surface area contributed by atoms with Crippen LogP contribution in [-0.4, -0.2) is 10.1 Å². The average Bonchev–Trinajstić information content (AvgIpc) is 2.35. The van der Waals surface area contributed by atoms with Gasteiger partial charge >= 0.3 is 0 Å². The number of pyridine rings is 1. The van der Waals surface area contributed by atoms with Crippen molar-refractivity contribution in [3.8, 4) is 5.75 Å². The Morgan fingerprint density at radius 1 is 1.42 bits per heavy atom. The molecule has 0 bridgehead atoms. The van der Waals surface area contributed by atoms with Crippen molar-refractivity contribution in [2.45, 2.75) is 33.1 Å². The van der Waals surface area contributed by atoms with Crippen LogP contribution >= 0.6 is 0 Å². The van der Waals surface area contributed by atoms with Gasteiger partial charge in [0, 0.05) is 10.9 Å². The Morgan fingerprint density at radius 3 is 2.68 bits per heavy atom. The van der Waals surface area contributed by atoms with Crippen molar-refractivity contribution in [3.05, 3.63) is 51.8 Å². The highest BCUT2D eigenvalue weighted by Gasteiger charge is 2.13. The van der Waals surface area contributed by atoms with E-state index in [4.69, 9.17) is 0 Å². The number of phenolic OH excluding ortho intramolecular Hbond substituents is 1. The summed E-state index contributed by atoms with van der Waals surface area (Å²) in [6.45, 7) is 9.56. The smallest absolute Gasteiger partial charge is 0.251 e. The van der Waals surface area contributed by atoms with Crippen molar-refractivity contribution in [1.29, 1.82) is 0 Å². The zero-order chi connectivity index (χ0) is 14.2. The van der Waals surface area contributed by atoms with Crippen molar-refractivity contribution >= 4 is 10.9 Å². The van der Waals surface area contributed by atoms with Gasteiger partial charge in [0.05, 0.1) is 5.52 Å². The number of aromatic hydroxyl groups is 1. The first-order valence-electron chi connectivity index (χ1n) is 6.45. The third kappa shape index (κ3) is 2.28. The summed E-state index contributed by atoms with van der Waals surface area (Å²) in [4.78, 5) is 14.9. The van der Waals surface area contributed by atoms with Crippen molar-refractivity contribution in [2.75, 3.05) is 0 Å². The van der Waals surface area contributed by atoms with Gasteiger partial charge in [-0.05, 0) is 42.5 Å². The molecule has 0 fully saturated rings. The number of phenols is 1. The van der Waals surface area contributed by atoms with E-state index in [2.05, 4.69) is 11.6 Å². The topological polar surface area (TPSA) is 53.1 Å². The molecule has 19 heavy (non-hydrogen) atoms. The van der Waals surface area contributed by atoms with Gasteiger partial charge in [0.15, 0.2) is 0 Å². The minimum Gasteiger partial charge on any atom is -0.507 e. The Morgan fingerprint density at radius 2 is 2.11 bits per heavy atom. The number of aromatic nitrogens is 1. The molecule has 0 atom stereocenters. The molecule has 1 aromatic heterocycles. The molecule has 0 aliphatic carbocycles. The largest absolute Gasteiger partial charge is 0.507 e. The molecule has 0 aliphatic heterocycles. The molecule has 1 heterocycles. The number of aryl methyl sites for hydroxylation is 1. The highest BCUT2D eigenvalue weighted by molar-refractivity contribution is 5.89. The van der Waals surface area contributed by atoms with Gasteiger partial charge in [-0.1, -0.05) is 19.9 Å². The highest BCUT2D eigenvalue weighted by atomic mass is 16.3. The molecule has 2 N–H and O–H groups in total. The molecule has 0 unspecified atom stereocenters. The third-order valence-electron chi connectivity index (χ3n) is 3.40. The van der Waals surface area contributed by atoms with Crippen LogP contribution in [0.5, 0.6) is 5.75 Å². The molecule has 3 nitrogen and oxygen atoms in total. The van der Waals surface area contributed by atoms with E-state index in [1.807, 2.05) is 26.8 Å². The van der Waals surface area contributed by atoms with Crippen LogP contribution in [0.25, 0.3) is 10.9 Å². The molecule has 3 heteroatoms. The Bertz CT molecular complexity index is 696. The van der Waals surface area contributed by atoms with E-state index < -0.39 is 0 Å². The Hall–Kier alpha value is -2.03. The Balaban J connectivity index is 2.85. The average molecular weight is 257 g/mol. The van der Waals surface area contributed by atoms with Crippen LogP contribution in [-0.2, 0) is 6.42 Å². The molecular weight excluding hydrogens is 238 g/mol. The van der Waals surface area contributed by atoms with E-state index in [-0.39, 0.29) is 17.2 Å². The predicted molar refractivity (Wildman–Crippen MR) is 79.0 cm³/mol. The number of fused-ring (bicyclic) bond motifs is 1. The summed E-state index contributed by atoms with van der Waals surface area (Å²) in [5.74, 6) is 0.356. The summed E-state index contributed by atoms with van der Waals surface area (Å²) in [5.41, 5.74) is 3.11. The normalized spacial score (nSPS) is 11.2. The lowest BCUT2D eigenvalue weighted by molar-refractivity contribution is 0.476. The second-order valence-electron chi connectivity index (χ2n) is 5.19. The monoisotopic (exact) mass is 257 g/mol. The van der Waals surface area contributed by atoms with Crippen LogP contribution in [0.1, 0.15) is 36.5 Å². The minimum atomic E-state index is -0.0820. The minimum absolute atomic E-state index is 0.0820. The number of rotatable bonds is 3. The molecule has 0 radical (unpaired) electrons. The molecule has 1 aromatic carbocycles. The van der Waals surface area contributed by atoms with Gasteiger partial charge in [-0.15, -0.1) is 6.58 Å². The summed E-state index contributed by atoms with van der Waals surface area (Å²) in [7, 11) is 0. The standard InChI is InChI=1S/C16H19NO2/c1-5-6-11-7-10(4)14-13(15(11)18)8-12(9(2)3)16(19)17-14/h5,7-9,18H,1,6H2,2-4H3,(H,17,19). The van der Waals surface area contributed by atoms with Crippen LogP contribution in [0.3, 0.4) is 0 Å². The first-order valence-corrected chi connectivity index (χ1v) is 6.45. The van der Waals surface area contributed by atoms with Gasteiger partial charge in [0.25, 0.3) is 5.56 Å². The lowest BCUT2D eigenvalue weighted by Crippen LogP contribution is -2.14. The molecule has 0 spiro atoms. The summed E-state index contributed by atoms with van der Waals surface area (Å²) in [5, 5.41) is 11.0. The Labute approximate surface area is 112 Å². The zero-order valence-corrected chi connectivity index (χ0v) is 11.6. The highest BCUT2D eigenvalue weighted by Crippen LogP contribution is 2.31. The fourth-order valence-corrected chi connectivity index (χ4v) is 2.36. The summed E-state index contributed by atoms with van der Waals surface area (Å²) >= 11 is 0. The van der Waals surface area contributed by atoms with Crippen LogP contribution in [0.4, 0.5) is 0 Å². The fourth-order valence-electron chi connectivity index (χ4n) is 2.36. The molecule has 0 saturated heterocycles. The number of H-pyrrole nitrogens is 1. The van der Waals surface area contributed by atoms with Gasteiger partial charge in [0.2, 0.25) is 0 Å². The van der Waals surface area contributed by atoms with Gasteiger partial charge in [0.1, 0.15) is 5.75 Å². The van der Waals surface area contributed by atoms with Crippen molar-refractivity contribution in [2.24, 2.45) is 0 Å². The Kier molecular flexibility index (Phi) is 3.47. The van der Waals surface area contributed by atoms with Gasteiger partial charge in [-0.3, -0.25) is 4.79 Å². The van der Waals surface area contributed by atoms with Crippen LogP contribution in [0.2, 0.25) is 0 Å². The maximum Gasteiger partial charge on any atom is 0.251 e. The van der Waals surface area contributed by atoms with E-state index in [1.165, 1.54) is 0 Å². The van der Waals surface area contributed by atoms with E-state index in [0.717, 1.165) is 11.1 Å². The number of nitrogens with one attached hydrogen (secondary N) is 1. The number of allylic oxidation sites excluding steroid dienone is 1. The second-order valence-corrected chi connectivity index (χ2v) is 5.19. The van der Waals surface area contributed by atoms with E-state index in [1.54, 1.807) is 12.1 Å². The van der Waals surface area contributed by atoms with Crippen molar-refractivity contribution in [1.82, 2.24) is 4.98 Å². The lowest BCUT2D eigenvalue weighted by Gasteiger charge is -2.12. The van der Waals surface area contributed by atoms with E-state index >= 15 is 0 Å². The molecule has 2 aromatic rings. The van der Waals surface area contributed by atoms with E-state index in [9.17, 15) is 9.90 Å². The van der Waals surface area contributed by atoms with Crippen LogP contribution < -0.4 is 5.56 Å². The van der Waals surface area contributed by atoms with Gasteiger partial charge in [-0.25, -0.2) is 0 Å². The van der Waals surface area contributed by atoms with Crippen LogP contribution in [0, 0.1) is 6.92 Å². The fraction of sp³-hybridized carbons (Fsp3) is 0.312. The van der Waals surface area contributed by atoms with Crippen molar-refractivity contribution < 1.29 is 5.11 Å². The predicted octanol–water partition coefficient (Wildman–Crippen LogP) is 3.39. The maximum absolute atomic E-state index is 12.0. The van der Waals surface area contributed by atoms with E-state index in [0.29, 0.717) is 22.9 Å². The molecule has 0 aliphatic rings. The van der Waals surface area contributed by atoms with Crippen molar-refractivity contribution in [3.63, 3.8) is 0 Å². The molecular formula is C16H19NO2. The third-order valence-corrected chi connectivity index (χ3v) is 3.40. The second kappa shape index (κ2) is 4.92.